The van der Waals surface area contributed by atoms with Gasteiger partial charge in [0.15, 0.2) is 0 Å². The smallest absolute Gasteiger partial charge is 0.410 e. The molecule has 1 saturated heterocycles. The Hall–Kier alpha value is -1.30. The van der Waals surface area contributed by atoms with E-state index in [0.29, 0.717) is 25.4 Å². The predicted octanol–water partition coefficient (Wildman–Crippen LogP) is 2.17. The van der Waals surface area contributed by atoms with Gasteiger partial charge < -0.3 is 19.7 Å². The van der Waals surface area contributed by atoms with E-state index in [0.717, 1.165) is 19.4 Å². The summed E-state index contributed by atoms with van der Waals surface area (Å²) >= 11 is 0. The minimum atomic E-state index is -0.472. The summed E-state index contributed by atoms with van der Waals surface area (Å²) in [4.78, 5) is 25.5. The molecule has 0 spiro atoms. The standard InChI is InChI=1S/C16H30N2O4/c1-6-13(14(19)21-5)17-10-12-8-7-9-18(11-12)15(20)22-16(2,3)4/h12-13,17H,6-11H2,1-5H3. The summed E-state index contributed by atoms with van der Waals surface area (Å²) < 4.78 is 10.2. The number of carbonyl (C=O) groups is 2. The van der Waals surface area contributed by atoms with E-state index in [1.807, 2.05) is 27.7 Å². The topological polar surface area (TPSA) is 67.9 Å². The highest BCUT2D eigenvalue weighted by atomic mass is 16.6. The van der Waals surface area contributed by atoms with E-state index in [4.69, 9.17) is 9.47 Å². The molecule has 1 fully saturated rings. The van der Waals surface area contributed by atoms with Gasteiger partial charge >= 0.3 is 12.1 Å². The molecule has 2 atom stereocenters. The number of nitrogens with one attached hydrogen (secondary N) is 1. The van der Waals surface area contributed by atoms with Crippen LogP contribution in [0.1, 0.15) is 47.0 Å². The van der Waals surface area contributed by atoms with Crippen LogP contribution in [-0.4, -0.2) is 55.3 Å². The first-order chi connectivity index (χ1) is 10.3. The van der Waals surface area contributed by atoms with Crippen LogP contribution in [-0.2, 0) is 14.3 Å². The van der Waals surface area contributed by atoms with Crippen molar-refractivity contribution in [2.24, 2.45) is 5.92 Å². The SMILES string of the molecule is CCC(NCC1CCCN(C(=O)OC(C)(C)C)C1)C(=O)OC. The minimum absolute atomic E-state index is 0.234. The molecule has 1 amide bonds. The molecule has 128 valence electrons. The Morgan fingerprint density at radius 3 is 2.59 bits per heavy atom. The number of carbonyl (C=O) groups excluding carboxylic acids is 2. The van der Waals surface area contributed by atoms with Gasteiger partial charge in [0, 0.05) is 19.6 Å². The lowest BCUT2D eigenvalue weighted by Crippen LogP contribution is -2.47. The summed E-state index contributed by atoms with van der Waals surface area (Å²) in [5, 5.41) is 3.24. The Balaban J connectivity index is 2.46. The molecule has 6 nitrogen and oxygen atoms in total. The van der Waals surface area contributed by atoms with Crippen LogP contribution in [0.5, 0.6) is 0 Å². The van der Waals surface area contributed by atoms with Gasteiger partial charge in [-0.1, -0.05) is 6.92 Å². The largest absolute Gasteiger partial charge is 0.468 e. The summed E-state index contributed by atoms with van der Waals surface area (Å²) in [5.41, 5.74) is -0.472. The summed E-state index contributed by atoms with van der Waals surface area (Å²) in [6.07, 6.45) is 2.44. The molecule has 0 bridgehead atoms. The van der Waals surface area contributed by atoms with Crippen LogP contribution >= 0.6 is 0 Å². The Bertz CT molecular complexity index is 379. The Morgan fingerprint density at radius 2 is 2.05 bits per heavy atom. The predicted molar refractivity (Wildman–Crippen MR) is 84.6 cm³/mol. The fourth-order valence-electron chi connectivity index (χ4n) is 2.57. The Labute approximate surface area is 133 Å². The Kier molecular flexibility index (Phi) is 7.13. The number of methoxy groups -OCH3 is 1. The van der Waals surface area contributed by atoms with Crippen LogP contribution in [0.2, 0.25) is 0 Å². The van der Waals surface area contributed by atoms with Gasteiger partial charge in [-0.15, -0.1) is 0 Å². The first-order valence-corrected chi connectivity index (χ1v) is 8.06. The van der Waals surface area contributed by atoms with Crippen LogP contribution < -0.4 is 5.32 Å². The third-order valence-electron chi connectivity index (χ3n) is 3.72. The van der Waals surface area contributed by atoms with Crippen molar-refractivity contribution in [1.82, 2.24) is 10.2 Å². The van der Waals surface area contributed by atoms with E-state index in [9.17, 15) is 9.59 Å². The van der Waals surface area contributed by atoms with Crippen LogP contribution in [0.25, 0.3) is 0 Å². The van der Waals surface area contributed by atoms with Crippen LogP contribution in [0.3, 0.4) is 0 Å². The van der Waals surface area contributed by atoms with Gasteiger partial charge in [-0.3, -0.25) is 4.79 Å². The summed E-state index contributed by atoms with van der Waals surface area (Å²) in [5.74, 6) is 0.0993. The first kappa shape index (κ1) is 18.7. The normalized spacial score (nSPS) is 20.4. The number of hydrogen-bond acceptors (Lipinski definition) is 5. The van der Waals surface area contributed by atoms with Gasteiger partial charge in [0.2, 0.25) is 0 Å². The fourth-order valence-corrected chi connectivity index (χ4v) is 2.57. The third kappa shape index (κ3) is 6.22. The maximum absolute atomic E-state index is 12.1. The molecule has 1 heterocycles. The lowest BCUT2D eigenvalue weighted by molar-refractivity contribution is -0.143. The molecule has 0 aromatic heterocycles. The number of nitrogens with zero attached hydrogens (tertiary/aromatic N) is 1. The molecule has 0 radical (unpaired) electrons. The maximum atomic E-state index is 12.1. The molecule has 6 heteroatoms. The lowest BCUT2D eigenvalue weighted by Gasteiger charge is -2.34. The summed E-state index contributed by atoms with van der Waals surface area (Å²) in [7, 11) is 1.40. The van der Waals surface area contributed by atoms with Crippen molar-refractivity contribution in [3.05, 3.63) is 0 Å². The number of likely N-dealkylation sites (tertiary alicyclic amines) is 1. The van der Waals surface area contributed by atoms with Crippen molar-refractivity contribution in [2.45, 2.75) is 58.6 Å². The molecule has 22 heavy (non-hydrogen) atoms. The number of hydrogen-bond donors (Lipinski definition) is 1. The number of amides is 1. The number of rotatable bonds is 5. The van der Waals surface area contributed by atoms with Gasteiger partial charge in [0.25, 0.3) is 0 Å². The molecule has 0 aliphatic carbocycles. The van der Waals surface area contributed by atoms with Gasteiger partial charge in [0.1, 0.15) is 11.6 Å². The van der Waals surface area contributed by atoms with Gasteiger partial charge in [-0.25, -0.2) is 4.79 Å². The molecule has 1 rings (SSSR count). The second-order valence-corrected chi connectivity index (χ2v) is 6.83. The zero-order valence-electron chi connectivity index (χ0n) is 14.5. The van der Waals surface area contributed by atoms with E-state index >= 15 is 0 Å². The second kappa shape index (κ2) is 8.36. The van der Waals surface area contributed by atoms with Crippen molar-refractivity contribution < 1.29 is 19.1 Å². The highest BCUT2D eigenvalue weighted by Gasteiger charge is 2.28. The number of ether oxygens (including phenoxy) is 2. The molecule has 0 aromatic rings. The molecule has 0 saturated carbocycles. The maximum Gasteiger partial charge on any atom is 0.410 e. The summed E-state index contributed by atoms with van der Waals surface area (Å²) in [6.45, 7) is 9.66. The fraction of sp³-hybridized carbons (Fsp3) is 0.875. The quantitative estimate of drug-likeness (QED) is 0.788. The molecular formula is C16H30N2O4. The molecule has 2 unspecified atom stereocenters. The van der Waals surface area contributed by atoms with Crippen molar-refractivity contribution in [1.29, 1.82) is 0 Å². The Morgan fingerprint density at radius 1 is 1.36 bits per heavy atom. The average Bonchev–Trinajstić information content (AvgIpc) is 2.46. The summed E-state index contributed by atoms with van der Waals surface area (Å²) in [6, 6.07) is -0.276. The van der Waals surface area contributed by atoms with Crippen molar-refractivity contribution in [2.75, 3.05) is 26.7 Å². The van der Waals surface area contributed by atoms with Gasteiger partial charge in [0.05, 0.1) is 7.11 Å². The van der Waals surface area contributed by atoms with E-state index in [-0.39, 0.29) is 18.1 Å². The molecular weight excluding hydrogens is 284 g/mol. The minimum Gasteiger partial charge on any atom is -0.468 e. The van der Waals surface area contributed by atoms with E-state index in [2.05, 4.69) is 5.32 Å². The monoisotopic (exact) mass is 314 g/mol. The van der Waals surface area contributed by atoms with Gasteiger partial charge in [-0.05, 0) is 46.0 Å². The zero-order chi connectivity index (χ0) is 16.8. The number of piperidine rings is 1. The van der Waals surface area contributed by atoms with Gasteiger partial charge in [-0.2, -0.15) is 0 Å². The van der Waals surface area contributed by atoms with Crippen LogP contribution in [0.15, 0.2) is 0 Å². The highest BCUT2D eigenvalue weighted by Crippen LogP contribution is 2.19. The molecule has 1 aliphatic rings. The van der Waals surface area contributed by atoms with Crippen molar-refractivity contribution in [3.8, 4) is 0 Å². The van der Waals surface area contributed by atoms with Crippen molar-refractivity contribution >= 4 is 12.1 Å². The van der Waals surface area contributed by atoms with Crippen LogP contribution in [0, 0.1) is 5.92 Å². The highest BCUT2D eigenvalue weighted by molar-refractivity contribution is 5.75. The second-order valence-electron chi connectivity index (χ2n) is 6.83. The van der Waals surface area contributed by atoms with Crippen molar-refractivity contribution in [3.63, 3.8) is 0 Å². The number of esters is 1. The first-order valence-electron chi connectivity index (χ1n) is 8.06. The lowest BCUT2D eigenvalue weighted by atomic mass is 9.98. The zero-order valence-corrected chi connectivity index (χ0v) is 14.5. The van der Waals surface area contributed by atoms with Crippen LogP contribution in [0.4, 0.5) is 4.79 Å². The average molecular weight is 314 g/mol. The third-order valence-corrected chi connectivity index (χ3v) is 3.72. The molecule has 1 N–H and O–H groups in total. The van der Waals surface area contributed by atoms with E-state index < -0.39 is 5.60 Å². The molecule has 1 aliphatic heterocycles. The molecule has 0 aromatic carbocycles. The van der Waals surface area contributed by atoms with E-state index in [1.165, 1.54) is 7.11 Å². The van der Waals surface area contributed by atoms with E-state index in [1.54, 1.807) is 4.90 Å².